The molecule has 266 valence electrons. The standard InChI is InChI=1S/C37H74O6Si2/c1-12-13-14-15-16-17-18-19-20-21-22-33(42-44(8,9)36(2,3)4)31-25-26-32(40-31)34(43-45(10,11)37(5,6)7)24-23-29(38)30-27-28-35(39)41-30/h29-34,38H,12-28H2,1-11H3/t29-,30-,31+,32+,33+,34+/m1/s1. The number of unbranched alkanes of at least 4 members (excludes halogenated alkanes) is 9. The Bertz CT molecular complexity index is 849. The fourth-order valence-corrected chi connectivity index (χ4v) is 8.92. The van der Waals surface area contributed by atoms with E-state index in [0.717, 1.165) is 19.3 Å². The number of carbonyl (C=O) groups excluding carboxylic acids is 1. The van der Waals surface area contributed by atoms with E-state index in [1.54, 1.807) is 0 Å². The van der Waals surface area contributed by atoms with Crippen LogP contribution in [0.5, 0.6) is 0 Å². The highest BCUT2D eigenvalue weighted by molar-refractivity contribution is 6.74. The van der Waals surface area contributed by atoms with Gasteiger partial charge in [0.1, 0.15) is 6.10 Å². The lowest BCUT2D eigenvalue weighted by molar-refractivity contribution is -0.145. The molecule has 2 aliphatic heterocycles. The van der Waals surface area contributed by atoms with E-state index in [4.69, 9.17) is 18.3 Å². The largest absolute Gasteiger partial charge is 0.460 e. The van der Waals surface area contributed by atoms with Crippen molar-refractivity contribution in [2.45, 2.75) is 231 Å². The molecule has 0 radical (unpaired) electrons. The first-order valence-electron chi connectivity index (χ1n) is 18.8. The van der Waals surface area contributed by atoms with Gasteiger partial charge in [0.15, 0.2) is 16.6 Å². The van der Waals surface area contributed by atoms with Gasteiger partial charge in [0.25, 0.3) is 0 Å². The van der Waals surface area contributed by atoms with Gasteiger partial charge in [-0.25, -0.2) is 0 Å². The summed E-state index contributed by atoms with van der Waals surface area (Å²) >= 11 is 0. The number of carbonyl (C=O) groups is 1. The van der Waals surface area contributed by atoms with Gasteiger partial charge in [-0.2, -0.15) is 0 Å². The van der Waals surface area contributed by atoms with E-state index in [1.165, 1.54) is 64.2 Å². The fraction of sp³-hybridized carbons (Fsp3) is 0.973. The Labute approximate surface area is 280 Å². The van der Waals surface area contributed by atoms with Crippen LogP contribution in [0.3, 0.4) is 0 Å². The summed E-state index contributed by atoms with van der Waals surface area (Å²) < 4.78 is 26.5. The van der Waals surface area contributed by atoms with Crippen LogP contribution in [0.1, 0.15) is 158 Å². The minimum Gasteiger partial charge on any atom is -0.460 e. The van der Waals surface area contributed by atoms with Crippen LogP contribution in [0.15, 0.2) is 0 Å². The maximum absolute atomic E-state index is 11.7. The number of esters is 1. The van der Waals surface area contributed by atoms with Crippen molar-refractivity contribution in [3.63, 3.8) is 0 Å². The SMILES string of the molecule is CCCCCCCCCCCC[C@H](O[Si](C)(C)C(C)(C)C)[C@@H]1CC[C@@H]([C@H](CC[C@@H](O)[C@H]2CCC(=O)O2)O[Si](C)(C)C(C)(C)C)O1. The second-order valence-electron chi connectivity index (χ2n) is 17.3. The van der Waals surface area contributed by atoms with Crippen molar-refractivity contribution in [3.8, 4) is 0 Å². The van der Waals surface area contributed by atoms with Crippen LogP contribution in [0.4, 0.5) is 0 Å². The summed E-state index contributed by atoms with van der Waals surface area (Å²) in [6.45, 7) is 25.4. The first kappa shape index (κ1) is 40.9. The van der Waals surface area contributed by atoms with Gasteiger partial charge in [-0.1, -0.05) is 113 Å². The number of rotatable bonds is 21. The molecule has 0 aliphatic carbocycles. The molecule has 0 aromatic rings. The molecule has 0 bridgehead atoms. The van der Waals surface area contributed by atoms with Gasteiger partial charge in [-0.05, 0) is 74.8 Å². The van der Waals surface area contributed by atoms with Gasteiger partial charge in [0.05, 0.1) is 30.5 Å². The van der Waals surface area contributed by atoms with E-state index >= 15 is 0 Å². The van der Waals surface area contributed by atoms with Gasteiger partial charge in [0.2, 0.25) is 0 Å². The average molecular weight is 671 g/mol. The lowest BCUT2D eigenvalue weighted by Crippen LogP contribution is -2.49. The van der Waals surface area contributed by atoms with Gasteiger partial charge < -0.3 is 23.4 Å². The highest BCUT2D eigenvalue weighted by Crippen LogP contribution is 2.42. The smallest absolute Gasteiger partial charge is 0.306 e. The maximum atomic E-state index is 11.7. The Kier molecular flexibility index (Phi) is 16.8. The molecule has 2 heterocycles. The third-order valence-electron chi connectivity index (χ3n) is 11.4. The van der Waals surface area contributed by atoms with E-state index in [0.29, 0.717) is 25.7 Å². The molecule has 6 nitrogen and oxygen atoms in total. The number of ether oxygens (including phenoxy) is 2. The molecule has 0 saturated carbocycles. The molecule has 2 saturated heterocycles. The van der Waals surface area contributed by atoms with E-state index in [9.17, 15) is 9.90 Å². The Morgan fingerprint density at radius 3 is 1.56 bits per heavy atom. The van der Waals surface area contributed by atoms with Crippen LogP contribution >= 0.6 is 0 Å². The van der Waals surface area contributed by atoms with E-state index in [2.05, 4.69) is 74.7 Å². The lowest BCUT2D eigenvalue weighted by atomic mass is 9.99. The summed E-state index contributed by atoms with van der Waals surface area (Å²) in [4.78, 5) is 11.7. The van der Waals surface area contributed by atoms with Crippen molar-refractivity contribution < 1.29 is 28.2 Å². The van der Waals surface area contributed by atoms with Crippen LogP contribution in [-0.2, 0) is 23.1 Å². The van der Waals surface area contributed by atoms with Crippen molar-refractivity contribution in [1.29, 1.82) is 0 Å². The first-order chi connectivity index (χ1) is 20.9. The van der Waals surface area contributed by atoms with Gasteiger partial charge in [-0.3, -0.25) is 4.79 Å². The number of hydrogen-bond acceptors (Lipinski definition) is 6. The molecule has 0 amide bonds. The quantitative estimate of drug-likeness (QED) is 0.0744. The summed E-state index contributed by atoms with van der Waals surface area (Å²) in [6.07, 6.45) is 17.6. The van der Waals surface area contributed by atoms with Gasteiger partial charge >= 0.3 is 5.97 Å². The molecule has 45 heavy (non-hydrogen) atoms. The first-order valence-corrected chi connectivity index (χ1v) is 24.6. The van der Waals surface area contributed by atoms with Crippen molar-refractivity contribution in [1.82, 2.24) is 0 Å². The summed E-state index contributed by atoms with van der Waals surface area (Å²) in [5.74, 6) is -0.203. The van der Waals surface area contributed by atoms with Gasteiger partial charge in [-0.15, -0.1) is 0 Å². The highest BCUT2D eigenvalue weighted by Gasteiger charge is 2.46. The van der Waals surface area contributed by atoms with Crippen LogP contribution < -0.4 is 0 Å². The topological polar surface area (TPSA) is 74.2 Å². The molecular formula is C37H74O6Si2. The molecule has 1 N–H and O–H groups in total. The number of aliphatic hydroxyl groups excluding tert-OH is 1. The summed E-state index contributed by atoms with van der Waals surface area (Å²) in [5.41, 5.74) is 0. The molecule has 2 aliphatic rings. The number of cyclic esters (lactones) is 1. The van der Waals surface area contributed by atoms with Gasteiger partial charge in [0, 0.05) is 6.42 Å². The lowest BCUT2D eigenvalue weighted by Gasteiger charge is -2.42. The van der Waals surface area contributed by atoms with Crippen LogP contribution in [0.25, 0.3) is 0 Å². The minimum atomic E-state index is -2.08. The molecule has 8 heteroatoms. The minimum absolute atomic E-state index is 0.0133. The summed E-state index contributed by atoms with van der Waals surface area (Å²) in [6, 6.07) is 0. The van der Waals surface area contributed by atoms with Crippen molar-refractivity contribution in [2.24, 2.45) is 0 Å². The zero-order chi connectivity index (χ0) is 33.9. The third-order valence-corrected chi connectivity index (χ3v) is 20.4. The molecular weight excluding hydrogens is 597 g/mol. The average Bonchev–Trinajstić information content (AvgIpc) is 3.59. The second kappa shape index (κ2) is 18.5. The number of hydrogen-bond donors (Lipinski definition) is 1. The van der Waals surface area contributed by atoms with E-state index < -0.39 is 28.8 Å². The molecule has 6 atom stereocenters. The fourth-order valence-electron chi connectivity index (χ4n) is 6.16. The Balaban J connectivity index is 2.06. The summed E-state index contributed by atoms with van der Waals surface area (Å²) in [5, 5.41) is 11.1. The second-order valence-corrected chi connectivity index (χ2v) is 26.8. The molecule has 2 rings (SSSR count). The number of aliphatic hydroxyl groups is 1. The third kappa shape index (κ3) is 13.6. The van der Waals surface area contributed by atoms with Crippen LogP contribution in [0, 0.1) is 0 Å². The maximum Gasteiger partial charge on any atom is 0.306 e. The predicted octanol–water partition coefficient (Wildman–Crippen LogP) is 10.5. The summed E-state index contributed by atoms with van der Waals surface area (Å²) in [7, 11) is -4.06. The molecule has 0 unspecified atom stereocenters. The Morgan fingerprint density at radius 1 is 0.689 bits per heavy atom. The molecule has 0 spiro atoms. The highest BCUT2D eigenvalue weighted by atomic mass is 28.4. The van der Waals surface area contributed by atoms with E-state index in [-0.39, 0.29) is 40.5 Å². The zero-order valence-electron chi connectivity index (χ0n) is 31.5. The van der Waals surface area contributed by atoms with Crippen LogP contribution in [0.2, 0.25) is 36.3 Å². The Hall–Kier alpha value is -0.256. The monoisotopic (exact) mass is 671 g/mol. The Morgan fingerprint density at radius 2 is 1.13 bits per heavy atom. The normalized spacial score (nSPS) is 23.7. The molecule has 0 aromatic heterocycles. The molecule has 2 fully saturated rings. The molecule has 0 aromatic carbocycles. The van der Waals surface area contributed by atoms with Crippen molar-refractivity contribution in [3.05, 3.63) is 0 Å². The van der Waals surface area contributed by atoms with Crippen molar-refractivity contribution in [2.75, 3.05) is 0 Å². The zero-order valence-corrected chi connectivity index (χ0v) is 33.5. The predicted molar refractivity (Wildman–Crippen MR) is 193 cm³/mol. The van der Waals surface area contributed by atoms with E-state index in [1.807, 2.05) is 0 Å². The van der Waals surface area contributed by atoms with Crippen molar-refractivity contribution >= 4 is 22.6 Å². The van der Waals surface area contributed by atoms with Crippen LogP contribution in [-0.4, -0.2) is 64.3 Å².